The zero-order valence-electron chi connectivity index (χ0n) is 25.4. The van der Waals surface area contributed by atoms with Crippen molar-refractivity contribution in [2.75, 3.05) is 18.0 Å². The summed E-state index contributed by atoms with van der Waals surface area (Å²) in [6.45, 7) is 8.26. The smallest absolute Gasteiger partial charge is 0.309 e. The maximum absolute atomic E-state index is 12.0. The molecule has 0 aliphatic carbocycles. The first kappa shape index (κ1) is 30.3. The topological polar surface area (TPSA) is 124 Å². The van der Waals surface area contributed by atoms with Crippen LogP contribution in [0.4, 0.5) is 17.1 Å². The van der Waals surface area contributed by atoms with E-state index >= 15 is 0 Å². The Kier molecular flexibility index (Phi) is 7.20. The van der Waals surface area contributed by atoms with E-state index in [1.807, 2.05) is 53.7 Å². The molecule has 2 aliphatic heterocycles. The maximum atomic E-state index is 12.0. The Morgan fingerprint density at radius 2 is 1.44 bits per heavy atom. The van der Waals surface area contributed by atoms with Gasteiger partial charge in [-0.3, -0.25) is 19.7 Å². The first-order valence-electron chi connectivity index (χ1n) is 14.8. The second kappa shape index (κ2) is 10.7. The van der Waals surface area contributed by atoms with Crippen molar-refractivity contribution in [3.63, 3.8) is 0 Å². The third-order valence-corrected chi connectivity index (χ3v) is 9.55. The molecule has 4 aromatic rings. The predicted octanol–water partition coefficient (Wildman–Crippen LogP) is 7.48. The minimum Gasteiger partial charge on any atom is -0.481 e. The summed E-state index contributed by atoms with van der Waals surface area (Å²) in [6.07, 6.45) is -0.324. The molecule has 0 saturated carbocycles. The van der Waals surface area contributed by atoms with Crippen LogP contribution in [0.25, 0.3) is 21.5 Å². The molecule has 0 bridgehead atoms. The monoisotopic (exact) mass is 626 g/mol. The Labute approximate surface area is 264 Å². The molecule has 0 spiro atoms. The third kappa shape index (κ3) is 4.64. The van der Waals surface area contributed by atoms with E-state index in [-0.39, 0.29) is 31.6 Å². The number of fused-ring (bicyclic) bond motifs is 7. The second-order valence-corrected chi connectivity index (χ2v) is 13.0. The number of carboxylic acid groups (broad SMARTS) is 2. The number of anilines is 1. The molecule has 0 saturated heterocycles. The number of carboxylic acids is 2. The number of nitro groups is 1. The highest BCUT2D eigenvalue weighted by Gasteiger charge is 2.53. The van der Waals surface area contributed by atoms with Gasteiger partial charge >= 0.3 is 11.9 Å². The average molecular weight is 627 g/mol. The Morgan fingerprint density at radius 3 is 2.04 bits per heavy atom. The van der Waals surface area contributed by atoms with Crippen LogP contribution in [0.5, 0.6) is 0 Å². The summed E-state index contributed by atoms with van der Waals surface area (Å²) in [6, 6.07) is 20.8. The normalized spacial score (nSPS) is 17.5. The van der Waals surface area contributed by atoms with E-state index < -0.39 is 27.7 Å². The van der Waals surface area contributed by atoms with E-state index in [0.29, 0.717) is 27.7 Å². The number of benzene rings is 4. The van der Waals surface area contributed by atoms with E-state index in [9.17, 15) is 29.9 Å². The lowest BCUT2D eigenvalue weighted by Gasteiger charge is -2.29. The zero-order chi connectivity index (χ0) is 32.4. The molecule has 0 atom stereocenters. The van der Waals surface area contributed by atoms with Crippen LogP contribution >= 0.6 is 11.6 Å². The molecule has 2 N–H and O–H groups in total. The van der Waals surface area contributed by atoms with Gasteiger partial charge in [-0.05, 0) is 47.7 Å². The SMILES string of the molecule is CC1(C)C(/C(Cl)=C2/N(CCC(=O)O)c3ccc([N+](=O)[O-])cc3C2(C)C)=[N+](CCC(=O)O)c2c1c1ccccc1c1ccccc21. The summed E-state index contributed by atoms with van der Waals surface area (Å²) < 4.78 is 2.02. The van der Waals surface area contributed by atoms with Crippen LogP contribution in [-0.2, 0) is 20.4 Å². The number of hydrogen-bond acceptors (Lipinski definition) is 5. The van der Waals surface area contributed by atoms with Gasteiger partial charge in [0, 0.05) is 35.3 Å². The summed E-state index contributed by atoms with van der Waals surface area (Å²) in [5, 5.41) is 35.7. The van der Waals surface area contributed by atoms with E-state index in [0.717, 1.165) is 32.8 Å². The number of nitro benzene ring substituents is 1. The summed E-state index contributed by atoms with van der Waals surface area (Å²) >= 11 is 7.60. The van der Waals surface area contributed by atoms with Gasteiger partial charge in [-0.25, -0.2) is 0 Å². The number of rotatable bonds is 8. The van der Waals surface area contributed by atoms with E-state index in [4.69, 9.17) is 11.6 Å². The van der Waals surface area contributed by atoms with Crippen LogP contribution in [0.2, 0.25) is 0 Å². The molecule has 0 aromatic heterocycles. The van der Waals surface area contributed by atoms with Crippen LogP contribution < -0.4 is 4.90 Å². The Bertz CT molecular complexity index is 2030. The summed E-state index contributed by atoms with van der Waals surface area (Å²) in [7, 11) is 0. The van der Waals surface area contributed by atoms with Gasteiger partial charge < -0.3 is 15.1 Å². The number of hydrogen-bond donors (Lipinski definition) is 2. The van der Waals surface area contributed by atoms with Gasteiger partial charge in [0.1, 0.15) is 11.5 Å². The largest absolute Gasteiger partial charge is 0.481 e. The highest BCUT2D eigenvalue weighted by Crippen LogP contribution is 2.55. The van der Waals surface area contributed by atoms with E-state index in [2.05, 4.69) is 32.0 Å². The molecule has 0 fully saturated rings. The van der Waals surface area contributed by atoms with Gasteiger partial charge in [-0.1, -0.05) is 67.9 Å². The molecule has 0 amide bonds. The summed E-state index contributed by atoms with van der Waals surface area (Å²) in [4.78, 5) is 36.9. The van der Waals surface area contributed by atoms with Crippen molar-refractivity contribution in [3.05, 3.63) is 98.7 Å². The molecule has 230 valence electrons. The number of aliphatic carboxylic acids is 2. The first-order chi connectivity index (χ1) is 21.3. The Balaban J connectivity index is 1.70. The highest BCUT2D eigenvalue weighted by atomic mass is 35.5. The molecule has 2 heterocycles. The van der Waals surface area contributed by atoms with Crippen molar-refractivity contribution in [2.45, 2.75) is 51.4 Å². The van der Waals surface area contributed by atoms with Crippen molar-refractivity contribution < 1.29 is 29.3 Å². The summed E-state index contributed by atoms with van der Waals surface area (Å²) in [5.74, 6) is -1.93. The summed E-state index contributed by atoms with van der Waals surface area (Å²) in [5.41, 5.74) is 2.92. The third-order valence-electron chi connectivity index (χ3n) is 9.19. The maximum Gasteiger partial charge on any atom is 0.309 e. The van der Waals surface area contributed by atoms with Crippen LogP contribution in [0.15, 0.2) is 77.5 Å². The van der Waals surface area contributed by atoms with Crippen LogP contribution in [0.1, 0.15) is 51.7 Å². The first-order valence-corrected chi connectivity index (χ1v) is 15.1. The molecule has 9 nitrogen and oxygen atoms in total. The number of non-ortho nitro benzene ring substituents is 1. The minimum absolute atomic E-state index is 0.0698. The number of allylic oxidation sites excluding steroid dienone is 2. The fraction of sp³-hybridized carbons (Fsp3) is 0.286. The van der Waals surface area contributed by atoms with Gasteiger partial charge in [0.2, 0.25) is 11.4 Å². The lowest BCUT2D eigenvalue weighted by Crippen LogP contribution is -2.36. The molecular weight excluding hydrogens is 594 g/mol. The van der Waals surface area contributed by atoms with Crippen molar-refractivity contribution >= 4 is 67.9 Å². The molecule has 10 heteroatoms. The van der Waals surface area contributed by atoms with E-state index in [1.165, 1.54) is 12.1 Å². The molecular formula is C35H33ClN3O6+. The van der Waals surface area contributed by atoms with Gasteiger partial charge in [0.25, 0.3) is 5.69 Å². The standard InChI is InChI=1S/C35H32ClN3O6/c1-34(2)25-19-20(39(44)45)13-14-26(25)37(17-15-27(40)41)32(34)30(36)33-35(3,4)29-23-11-7-5-9-21(23)22-10-6-8-12-24(22)31(29)38(33)18-16-28(42)43/h5-14,19H,15-18H2,1-4H3,(H-,40,41,42,43)/p+1. The van der Waals surface area contributed by atoms with E-state index in [1.54, 1.807) is 6.07 Å². The quantitative estimate of drug-likeness (QED) is 0.0899. The number of halogens is 1. The highest BCUT2D eigenvalue weighted by molar-refractivity contribution is 6.45. The zero-order valence-corrected chi connectivity index (χ0v) is 26.2. The van der Waals surface area contributed by atoms with Crippen molar-refractivity contribution in [1.82, 2.24) is 0 Å². The van der Waals surface area contributed by atoms with Crippen molar-refractivity contribution in [2.24, 2.45) is 0 Å². The van der Waals surface area contributed by atoms with Crippen molar-refractivity contribution in [1.29, 1.82) is 0 Å². The van der Waals surface area contributed by atoms with Crippen LogP contribution in [0.3, 0.4) is 0 Å². The lowest BCUT2D eigenvalue weighted by atomic mass is 9.76. The number of carbonyl (C=O) groups is 2. The predicted molar refractivity (Wildman–Crippen MR) is 175 cm³/mol. The average Bonchev–Trinajstić information content (AvgIpc) is 3.37. The Morgan fingerprint density at radius 1 is 0.867 bits per heavy atom. The fourth-order valence-electron chi connectivity index (χ4n) is 7.33. The molecule has 0 unspecified atom stereocenters. The van der Waals surface area contributed by atoms with Gasteiger partial charge in [-0.2, -0.15) is 4.58 Å². The molecule has 45 heavy (non-hydrogen) atoms. The molecule has 6 rings (SSSR count). The molecule has 0 radical (unpaired) electrons. The van der Waals surface area contributed by atoms with Gasteiger partial charge in [-0.15, -0.1) is 0 Å². The lowest BCUT2D eigenvalue weighted by molar-refractivity contribution is -0.435. The fourth-order valence-corrected chi connectivity index (χ4v) is 8.01. The van der Waals surface area contributed by atoms with Crippen molar-refractivity contribution in [3.8, 4) is 0 Å². The van der Waals surface area contributed by atoms with Gasteiger partial charge in [0.05, 0.1) is 27.8 Å². The van der Waals surface area contributed by atoms with Crippen LogP contribution in [0, 0.1) is 10.1 Å². The molecule has 4 aromatic carbocycles. The second-order valence-electron chi connectivity index (χ2n) is 12.6. The minimum atomic E-state index is -0.985. The van der Waals surface area contributed by atoms with Crippen LogP contribution in [-0.4, -0.2) is 50.5 Å². The number of nitrogens with zero attached hydrogens (tertiary/aromatic N) is 3. The molecule has 2 aliphatic rings. The Hall–Kier alpha value is -4.76. The van der Waals surface area contributed by atoms with Gasteiger partial charge in [0.15, 0.2) is 6.54 Å².